The van der Waals surface area contributed by atoms with Crippen molar-refractivity contribution in [2.75, 3.05) is 11.9 Å². The number of amides is 2. The number of alkyl carbamates (subject to hydrolysis) is 1. The molecule has 0 saturated heterocycles. The molecular formula is C19H22N2O3. The molecule has 0 aliphatic heterocycles. The number of ether oxygens (including phenoxy) is 1. The Morgan fingerprint density at radius 1 is 0.958 bits per heavy atom. The van der Waals surface area contributed by atoms with Crippen LogP contribution in [-0.2, 0) is 9.53 Å². The van der Waals surface area contributed by atoms with Gasteiger partial charge in [0.05, 0.1) is 0 Å². The van der Waals surface area contributed by atoms with Crippen molar-refractivity contribution in [1.29, 1.82) is 0 Å². The predicted octanol–water partition coefficient (Wildman–Crippen LogP) is 3.82. The van der Waals surface area contributed by atoms with Gasteiger partial charge in [-0.1, -0.05) is 42.5 Å². The van der Waals surface area contributed by atoms with Crippen LogP contribution in [0.2, 0.25) is 0 Å². The molecule has 5 nitrogen and oxygen atoms in total. The van der Waals surface area contributed by atoms with Gasteiger partial charge in [-0.15, -0.1) is 0 Å². The quantitative estimate of drug-likeness (QED) is 0.897. The topological polar surface area (TPSA) is 67.4 Å². The smallest absolute Gasteiger partial charge is 0.408 e. The lowest BCUT2D eigenvalue weighted by molar-refractivity contribution is -0.115. The Morgan fingerprint density at radius 3 is 2.29 bits per heavy atom. The van der Waals surface area contributed by atoms with Crippen LogP contribution in [0.15, 0.2) is 54.6 Å². The summed E-state index contributed by atoms with van der Waals surface area (Å²) in [5.74, 6) is -0.314. The predicted molar refractivity (Wildman–Crippen MR) is 94.7 cm³/mol. The number of nitrogens with one attached hydrogen (secondary N) is 2. The minimum absolute atomic E-state index is 0.148. The van der Waals surface area contributed by atoms with E-state index >= 15 is 0 Å². The molecule has 0 saturated carbocycles. The van der Waals surface area contributed by atoms with Crippen LogP contribution in [0.3, 0.4) is 0 Å². The maximum atomic E-state index is 11.9. The number of rotatable bonds is 4. The van der Waals surface area contributed by atoms with E-state index in [9.17, 15) is 9.59 Å². The van der Waals surface area contributed by atoms with Crippen LogP contribution in [0.5, 0.6) is 0 Å². The number of carbonyl (C=O) groups is 2. The third kappa shape index (κ3) is 5.76. The number of hydrogen-bond donors (Lipinski definition) is 2. The highest BCUT2D eigenvalue weighted by Crippen LogP contribution is 2.22. The third-order valence-electron chi connectivity index (χ3n) is 3.05. The van der Waals surface area contributed by atoms with Crippen molar-refractivity contribution in [1.82, 2.24) is 5.32 Å². The molecule has 2 amide bonds. The monoisotopic (exact) mass is 326 g/mol. The molecule has 0 fully saturated rings. The van der Waals surface area contributed by atoms with E-state index < -0.39 is 11.7 Å². The van der Waals surface area contributed by atoms with E-state index in [0.29, 0.717) is 5.69 Å². The molecule has 0 heterocycles. The second-order valence-electron chi connectivity index (χ2n) is 6.35. The molecule has 126 valence electrons. The second-order valence-corrected chi connectivity index (χ2v) is 6.35. The Hall–Kier alpha value is -2.82. The Bertz CT molecular complexity index is 706. The SMILES string of the molecule is CC(C)(C)OC(=O)NCC(=O)Nc1cccc(-c2ccccc2)c1. The highest BCUT2D eigenvalue weighted by molar-refractivity contribution is 5.94. The van der Waals surface area contributed by atoms with E-state index in [-0.39, 0.29) is 12.5 Å². The summed E-state index contributed by atoms with van der Waals surface area (Å²) in [6, 6.07) is 17.4. The Morgan fingerprint density at radius 2 is 1.62 bits per heavy atom. The van der Waals surface area contributed by atoms with E-state index in [1.165, 1.54) is 0 Å². The lowest BCUT2D eigenvalue weighted by Crippen LogP contribution is -2.37. The summed E-state index contributed by atoms with van der Waals surface area (Å²) >= 11 is 0. The zero-order valence-corrected chi connectivity index (χ0v) is 14.1. The van der Waals surface area contributed by atoms with Gasteiger partial charge in [0.15, 0.2) is 0 Å². The van der Waals surface area contributed by atoms with Gasteiger partial charge in [-0.25, -0.2) is 4.79 Å². The zero-order valence-electron chi connectivity index (χ0n) is 14.1. The van der Waals surface area contributed by atoms with Crippen molar-refractivity contribution in [3.05, 3.63) is 54.6 Å². The summed E-state index contributed by atoms with van der Waals surface area (Å²) in [4.78, 5) is 23.5. The molecule has 2 N–H and O–H groups in total. The molecule has 5 heteroatoms. The molecule has 24 heavy (non-hydrogen) atoms. The van der Waals surface area contributed by atoms with Crippen LogP contribution in [0.1, 0.15) is 20.8 Å². The maximum Gasteiger partial charge on any atom is 0.408 e. The van der Waals surface area contributed by atoms with Crippen LogP contribution in [-0.4, -0.2) is 24.1 Å². The van der Waals surface area contributed by atoms with Crippen LogP contribution in [0.25, 0.3) is 11.1 Å². The van der Waals surface area contributed by atoms with Gasteiger partial charge >= 0.3 is 6.09 Å². The number of benzene rings is 2. The Balaban J connectivity index is 1.92. The minimum Gasteiger partial charge on any atom is -0.444 e. The van der Waals surface area contributed by atoms with Gasteiger partial charge in [0.25, 0.3) is 0 Å². The molecule has 0 atom stereocenters. The largest absolute Gasteiger partial charge is 0.444 e. The molecule has 0 aliphatic rings. The van der Waals surface area contributed by atoms with Gasteiger partial charge in [-0.05, 0) is 44.0 Å². The summed E-state index contributed by atoms with van der Waals surface area (Å²) in [6.45, 7) is 5.15. The Labute approximate surface area is 142 Å². The van der Waals surface area contributed by atoms with Crippen molar-refractivity contribution in [3.8, 4) is 11.1 Å². The van der Waals surface area contributed by atoms with Gasteiger partial charge in [0, 0.05) is 5.69 Å². The molecule has 0 radical (unpaired) electrons. The van der Waals surface area contributed by atoms with Crippen LogP contribution in [0.4, 0.5) is 10.5 Å². The van der Waals surface area contributed by atoms with Crippen molar-refractivity contribution >= 4 is 17.7 Å². The fourth-order valence-electron chi connectivity index (χ4n) is 2.08. The second kappa shape index (κ2) is 7.64. The summed E-state index contributed by atoms with van der Waals surface area (Å²) < 4.78 is 5.09. The lowest BCUT2D eigenvalue weighted by Gasteiger charge is -2.19. The average Bonchev–Trinajstić information content (AvgIpc) is 2.52. The highest BCUT2D eigenvalue weighted by atomic mass is 16.6. The van der Waals surface area contributed by atoms with E-state index in [1.54, 1.807) is 26.8 Å². The first-order valence-electron chi connectivity index (χ1n) is 7.76. The minimum atomic E-state index is -0.615. The first kappa shape index (κ1) is 17.5. The van der Waals surface area contributed by atoms with Gasteiger partial charge in [-0.2, -0.15) is 0 Å². The van der Waals surface area contributed by atoms with E-state index in [1.807, 2.05) is 48.5 Å². The molecule has 0 bridgehead atoms. The van der Waals surface area contributed by atoms with Gasteiger partial charge < -0.3 is 15.4 Å². The Kier molecular flexibility index (Phi) is 5.58. The average molecular weight is 326 g/mol. The summed E-state index contributed by atoms with van der Waals surface area (Å²) in [5, 5.41) is 5.19. The summed E-state index contributed by atoms with van der Waals surface area (Å²) in [5.41, 5.74) is 2.16. The molecular weight excluding hydrogens is 304 g/mol. The summed E-state index contributed by atoms with van der Waals surface area (Å²) in [7, 11) is 0. The fraction of sp³-hybridized carbons (Fsp3) is 0.263. The van der Waals surface area contributed by atoms with E-state index in [2.05, 4.69) is 10.6 Å². The first-order valence-corrected chi connectivity index (χ1v) is 7.76. The normalized spacial score (nSPS) is 10.8. The van der Waals surface area contributed by atoms with Gasteiger partial charge in [0.2, 0.25) is 5.91 Å². The molecule has 2 aromatic carbocycles. The molecule has 0 aliphatic carbocycles. The first-order chi connectivity index (χ1) is 11.3. The van der Waals surface area contributed by atoms with Crippen LogP contribution < -0.4 is 10.6 Å². The maximum absolute atomic E-state index is 11.9. The van der Waals surface area contributed by atoms with Crippen molar-refractivity contribution < 1.29 is 14.3 Å². The lowest BCUT2D eigenvalue weighted by atomic mass is 10.1. The molecule has 0 aromatic heterocycles. The van der Waals surface area contributed by atoms with Gasteiger partial charge in [-0.3, -0.25) is 4.79 Å². The standard InChI is InChI=1S/C19H22N2O3/c1-19(2,3)24-18(23)20-13-17(22)21-16-11-7-10-15(12-16)14-8-5-4-6-9-14/h4-12H,13H2,1-3H3,(H,20,23)(H,21,22). The van der Waals surface area contributed by atoms with Crippen molar-refractivity contribution in [3.63, 3.8) is 0 Å². The highest BCUT2D eigenvalue weighted by Gasteiger charge is 2.16. The van der Waals surface area contributed by atoms with Crippen LogP contribution in [0, 0.1) is 0 Å². The van der Waals surface area contributed by atoms with Crippen molar-refractivity contribution in [2.24, 2.45) is 0 Å². The molecule has 0 spiro atoms. The number of anilines is 1. The van der Waals surface area contributed by atoms with Crippen LogP contribution >= 0.6 is 0 Å². The third-order valence-corrected chi connectivity index (χ3v) is 3.05. The van der Waals surface area contributed by atoms with E-state index in [0.717, 1.165) is 11.1 Å². The molecule has 2 rings (SSSR count). The molecule has 0 unspecified atom stereocenters. The van der Waals surface area contributed by atoms with Gasteiger partial charge in [0.1, 0.15) is 12.1 Å². The number of hydrogen-bond acceptors (Lipinski definition) is 3. The van der Waals surface area contributed by atoms with E-state index in [4.69, 9.17) is 4.74 Å². The zero-order chi connectivity index (χ0) is 17.6. The summed E-state index contributed by atoms with van der Waals surface area (Å²) in [6.07, 6.45) is -0.615. The van der Waals surface area contributed by atoms with Crippen molar-refractivity contribution in [2.45, 2.75) is 26.4 Å². The molecule has 2 aromatic rings. The fourth-order valence-corrected chi connectivity index (χ4v) is 2.08. The number of carbonyl (C=O) groups excluding carboxylic acids is 2.